The molecule has 3 aliphatic heterocycles. The van der Waals surface area contributed by atoms with E-state index in [1.807, 2.05) is 9.80 Å². The molecule has 1 unspecified atom stereocenters. The number of carbonyl (C=O) groups excluding carboxylic acids is 1. The molecule has 2 aromatic rings. The highest BCUT2D eigenvalue weighted by Crippen LogP contribution is 2.41. The van der Waals surface area contributed by atoms with E-state index in [9.17, 15) is 9.18 Å². The van der Waals surface area contributed by atoms with Crippen LogP contribution in [0.4, 0.5) is 9.18 Å². The summed E-state index contributed by atoms with van der Waals surface area (Å²) >= 11 is 6.17. The number of amides is 2. The highest BCUT2D eigenvalue weighted by molar-refractivity contribution is 6.31. The van der Waals surface area contributed by atoms with Crippen molar-refractivity contribution in [1.29, 1.82) is 0 Å². The number of nitrogens with zero attached hydrogens (tertiary/aromatic N) is 5. The fourth-order valence-corrected chi connectivity index (χ4v) is 5.39. The van der Waals surface area contributed by atoms with Crippen molar-refractivity contribution < 1.29 is 9.18 Å². The molecule has 1 aromatic carbocycles. The van der Waals surface area contributed by atoms with Crippen LogP contribution in [0.2, 0.25) is 5.02 Å². The van der Waals surface area contributed by atoms with Crippen LogP contribution in [0.1, 0.15) is 36.6 Å². The normalized spacial score (nSPS) is 23.7. The van der Waals surface area contributed by atoms with Crippen molar-refractivity contribution in [2.24, 2.45) is 5.41 Å². The molecule has 0 radical (unpaired) electrons. The third-order valence-corrected chi connectivity index (χ3v) is 7.25. The molecule has 0 aliphatic carbocycles. The van der Waals surface area contributed by atoms with Gasteiger partial charge in [0.2, 0.25) is 0 Å². The lowest BCUT2D eigenvalue weighted by molar-refractivity contribution is -0.0458. The summed E-state index contributed by atoms with van der Waals surface area (Å²) in [4.78, 5) is 22.3. The van der Waals surface area contributed by atoms with Crippen molar-refractivity contribution in [2.45, 2.75) is 31.7 Å². The summed E-state index contributed by atoms with van der Waals surface area (Å²) in [5.41, 5.74) is 1.27. The first-order chi connectivity index (χ1) is 14.5. The minimum absolute atomic E-state index is 0.154. The van der Waals surface area contributed by atoms with Gasteiger partial charge in [-0.1, -0.05) is 17.7 Å². The van der Waals surface area contributed by atoms with Crippen LogP contribution in [0.25, 0.3) is 0 Å². The van der Waals surface area contributed by atoms with Gasteiger partial charge in [0.1, 0.15) is 18.0 Å². The number of nitrogens with one attached hydrogen (secondary N) is 1. The lowest BCUT2D eigenvalue weighted by atomic mass is 9.72. The smallest absolute Gasteiger partial charge is 0.320 e. The molecule has 2 amide bonds. The second-order valence-electron chi connectivity index (χ2n) is 8.96. The van der Waals surface area contributed by atoms with Crippen LogP contribution in [0.15, 0.2) is 24.5 Å². The van der Waals surface area contributed by atoms with Crippen LogP contribution >= 0.6 is 11.6 Å². The molecule has 9 heteroatoms. The quantitative estimate of drug-likeness (QED) is 0.809. The van der Waals surface area contributed by atoms with Crippen molar-refractivity contribution in [3.05, 3.63) is 46.8 Å². The summed E-state index contributed by atoms with van der Waals surface area (Å²) in [6, 6.07) is 4.77. The van der Waals surface area contributed by atoms with Gasteiger partial charge in [-0.05, 0) is 42.4 Å². The van der Waals surface area contributed by atoms with Gasteiger partial charge in [0.05, 0.1) is 0 Å². The van der Waals surface area contributed by atoms with Gasteiger partial charge >= 0.3 is 6.03 Å². The van der Waals surface area contributed by atoms with Crippen LogP contribution in [0.3, 0.4) is 0 Å². The Morgan fingerprint density at radius 1 is 1.23 bits per heavy atom. The number of benzene rings is 1. The van der Waals surface area contributed by atoms with Crippen molar-refractivity contribution in [2.75, 3.05) is 39.3 Å². The second kappa shape index (κ2) is 7.81. The molecular formula is C21H26ClFN6O. The first kappa shape index (κ1) is 19.8. The molecular weight excluding hydrogens is 407 g/mol. The summed E-state index contributed by atoms with van der Waals surface area (Å²) in [7, 11) is 0. The van der Waals surface area contributed by atoms with Gasteiger partial charge in [-0.15, -0.1) is 10.2 Å². The minimum Gasteiger partial charge on any atom is -0.331 e. The number of carbonyl (C=O) groups is 1. The molecule has 7 nitrogen and oxygen atoms in total. The summed E-state index contributed by atoms with van der Waals surface area (Å²) in [6.07, 6.45) is 4.59. The molecule has 0 saturated carbocycles. The van der Waals surface area contributed by atoms with E-state index < -0.39 is 0 Å². The predicted octanol–water partition coefficient (Wildman–Crippen LogP) is 3.10. The van der Waals surface area contributed by atoms with E-state index in [0.29, 0.717) is 17.0 Å². The molecule has 1 N–H and O–H groups in total. The average Bonchev–Trinajstić information content (AvgIpc) is 3.40. The maximum Gasteiger partial charge on any atom is 0.320 e. The molecule has 3 saturated heterocycles. The summed E-state index contributed by atoms with van der Waals surface area (Å²) in [5.74, 6) is 0.829. The van der Waals surface area contributed by atoms with Crippen molar-refractivity contribution >= 4 is 17.6 Å². The first-order valence-corrected chi connectivity index (χ1v) is 11.0. The van der Waals surface area contributed by atoms with Crippen LogP contribution in [-0.4, -0.2) is 75.2 Å². The SMILES string of the molecule is O=C(N1CCC2(CC1)CN(Cc1ccc(F)cc1Cl)C2)N1CCC(c2nnc[nH]2)C1. The zero-order valence-corrected chi connectivity index (χ0v) is 17.6. The number of halogens is 2. The van der Waals surface area contributed by atoms with Gasteiger partial charge in [-0.3, -0.25) is 4.90 Å². The molecule has 1 atom stereocenters. The van der Waals surface area contributed by atoms with Crippen LogP contribution in [-0.2, 0) is 6.54 Å². The first-order valence-electron chi connectivity index (χ1n) is 10.6. The maximum absolute atomic E-state index is 13.2. The van der Waals surface area contributed by atoms with E-state index in [1.165, 1.54) is 12.1 Å². The van der Waals surface area contributed by atoms with E-state index >= 15 is 0 Å². The van der Waals surface area contributed by atoms with E-state index in [1.54, 1.807) is 12.4 Å². The van der Waals surface area contributed by atoms with Crippen molar-refractivity contribution in [3.8, 4) is 0 Å². The Labute approximate surface area is 180 Å². The topological polar surface area (TPSA) is 68.4 Å². The summed E-state index contributed by atoms with van der Waals surface area (Å²) < 4.78 is 13.2. The molecule has 30 heavy (non-hydrogen) atoms. The van der Waals surface area contributed by atoms with Crippen LogP contribution in [0.5, 0.6) is 0 Å². The third kappa shape index (κ3) is 3.78. The lowest BCUT2D eigenvalue weighted by Crippen LogP contribution is -2.61. The van der Waals surface area contributed by atoms with Gasteiger partial charge in [0, 0.05) is 56.8 Å². The fourth-order valence-electron chi connectivity index (χ4n) is 5.17. The second-order valence-corrected chi connectivity index (χ2v) is 9.36. The lowest BCUT2D eigenvalue weighted by Gasteiger charge is -2.54. The van der Waals surface area contributed by atoms with Gasteiger partial charge in [-0.25, -0.2) is 9.18 Å². The monoisotopic (exact) mass is 432 g/mol. The molecule has 1 aromatic heterocycles. The van der Waals surface area contributed by atoms with E-state index in [2.05, 4.69) is 20.1 Å². The molecule has 1 spiro atoms. The molecule has 5 rings (SSSR count). The molecule has 4 heterocycles. The highest BCUT2D eigenvalue weighted by atomic mass is 35.5. The Hall–Kier alpha value is -2.19. The zero-order valence-electron chi connectivity index (χ0n) is 16.9. The number of likely N-dealkylation sites (tertiary alicyclic amines) is 3. The van der Waals surface area contributed by atoms with Gasteiger partial charge in [0.15, 0.2) is 0 Å². The number of urea groups is 1. The third-order valence-electron chi connectivity index (χ3n) is 6.90. The van der Waals surface area contributed by atoms with Gasteiger partial charge in [0.25, 0.3) is 0 Å². The Morgan fingerprint density at radius 3 is 2.73 bits per heavy atom. The van der Waals surface area contributed by atoms with E-state index in [4.69, 9.17) is 11.6 Å². The number of H-pyrrole nitrogens is 1. The summed E-state index contributed by atoms with van der Waals surface area (Å²) in [5, 5.41) is 8.44. The Morgan fingerprint density at radius 2 is 2.03 bits per heavy atom. The number of piperidine rings is 1. The standard InChI is InChI=1S/C21H26ClFN6O/c22-18-9-17(23)2-1-15(18)10-27-12-21(13-27)4-7-28(8-5-21)20(30)29-6-3-16(11-29)19-24-14-25-26-19/h1-2,9,14,16H,3-8,10-13H2,(H,24,25,26). The Balaban J connectivity index is 1.10. The minimum atomic E-state index is -0.300. The molecule has 3 aliphatic rings. The van der Waals surface area contributed by atoms with Crippen LogP contribution in [0, 0.1) is 11.2 Å². The fraction of sp³-hybridized carbons (Fsp3) is 0.571. The largest absolute Gasteiger partial charge is 0.331 e. The van der Waals surface area contributed by atoms with Crippen molar-refractivity contribution in [1.82, 2.24) is 29.9 Å². The zero-order chi connectivity index (χ0) is 20.7. The summed E-state index contributed by atoms with van der Waals surface area (Å²) in [6.45, 7) is 5.89. The average molecular weight is 433 g/mol. The number of hydrogen-bond acceptors (Lipinski definition) is 4. The number of rotatable bonds is 3. The van der Waals surface area contributed by atoms with Gasteiger partial charge < -0.3 is 14.8 Å². The maximum atomic E-state index is 13.2. The number of aromatic amines is 1. The molecule has 160 valence electrons. The van der Waals surface area contributed by atoms with Crippen LogP contribution < -0.4 is 0 Å². The molecule has 0 bridgehead atoms. The molecule has 3 fully saturated rings. The van der Waals surface area contributed by atoms with Gasteiger partial charge in [-0.2, -0.15) is 0 Å². The Kier molecular flexibility index (Phi) is 5.14. The number of hydrogen-bond donors (Lipinski definition) is 1. The highest BCUT2D eigenvalue weighted by Gasteiger charge is 2.46. The van der Waals surface area contributed by atoms with E-state index in [0.717, 1.165) is 69.9 Å². The number of aromatic nitrogens is 3. The van der Waals surface area contributed by atoms with E-state index in [-0.39, 0.29) is 17.8 Å². The Bertz CT molecular complexity index is 906. The van der Waals surface area contributed by atoms with Crippen molar-refractivity contribution in [3.63, 3.8) is 0 Å². The predicted molar refractivity (Wildman–Crippen MR) is 111 cm³/mol.